The number of anilines is 1. The maximum atomic E-state index is 13.3. The maximum Gasteiger partial charge on any atom is 0.253 e. The topological polar surface area (TPSA) is 68.9 Å². The highest BCUT2D eigenvalue weighted by Crippen LogP contribution is 2.31. The SMILES string of the molecule is Cc1nn(-c2ccccc2)c2c1c(-c1ccccc1)cc(=O)n2CC(=O)Nc1ccc(F)cc1. The van der Waals surface area contributed by atoms with Gasteiger partial charge in [-0.2, -0.15) is 5.10 Å². The van der Waals surface area contributed by atoms with E-state index in [0.717, 1.165) is 27.9 Å². The van der Waals surface area contributed by atoms with E-state index in [1.165, 1.54) is 28.8 Å². The van der Waals surface area contributed by atoms with Gasteiger partial charge in [-0.3, -0.25) is 14.2 Å². The summed E-state index contributed by atoms with van der Waals surface area (Å²) in [5.74, 6) is -0.796. The van der Waals surface area contributed by atoms with E-state index in [-0.39, 0.29) is 12.1 Å². The average Bonchev–Trinajstić information content (AvgIpc) is 3.20. The molecule has 168 valence electrons. The number of nitrogens with zero attached hydrogens (tertiary/aromatic N) is 3. The predicted octanol–water partition coefficient (Wildman–Crippen LogP) is 4.94. The van der Waals surface area contributed by atoms with Gasteiger partial charge < -0.3 is 5.32 Å². The molecule has 0 fully saturated rings. The summed E-state index contributed by atoms with van der Waals surface area (Å²) < 4.78 is 16.3. The maximum absolute atomic E-state index is 13.3. The summed E-state index contributed by atoms with van der Waals surface area (Å²) in [5, 5.41) is 8.25. The quantitative estimate of drug-likeness (QED) is 0.411. The Morgan fingerprint density at radius 1 is 0.941 bits per heavy atom. The Hall–Kier alpha value is -4.52. The van der Waals surface area contributed by atoms with E-state index in [4.69, 9.17) is 5.10 Å². The summed E-state index contributed by atoms with van der Waals surface area (Å²) in [6, 6.07) is 26.2. The van der Waals surface area contributed by atoms with Gasteiger partial charge in [0.05, 0.1) is 11.4 Å². The smallest absolute Gasteiger partial charge is 0.253 e. The molecular formula is C27H21FN4O2. The lowest BCUT2D eigenvalue weighted by molar-refractivity contribution is -0.116. The Morgan fingerprint density at radius 2 is 1.59 bits per heavy atom. The number of fused-ring (bicyclic) bond motifs is 1. The van der Waals surface area contributed by atoms with Gasteiger partial charge in [0.1, 0.15) is 18.0 Å². The zero-order valence-corrected chi connectivity index (χ0v) is 18.4. The van der Waals surface area contributed by atoms with Crippen LogP contribution in [-0.2, 0) is 11.3 Å². The molecule has 34 heavy (non-hydrogen) atoms. The zero-order valence-electron chi connectivity index (χ0n) is 18.4. The van der Waals surface area contributed by atoms with E-state index < -0.39 is 11.7 Å². The number of hydrogen-bond acceptors (Lipinski definition) is 3. The highest BCUT2D eigenvalue weighted by atomic mass is 19.1. The number of nitrogens with one attached hydrogen (secondary N) is 1. The van der Waals surface area contributed by atoms with E-state index >= 15 is 0 Å². The number of halogens is 1. The molecule has 6 nitrogen and oxygen atoms in total. The molecule has 1 amide bonds. The van der Waals surface area contributed by atoms with Crippen LogP contribution in [0.1, 0.15) is 5.69 Å². The number of hydrogen-bond donors (Lipinski definition) is 1. The van der Waals surface area contributed by atoms with Crippen LogP contribution in [0.3, 0.4) is 0 Å². The van der Waals surface area contributed by atoms with Gasteiger partial charge in [-0.25, -0.2) is 9.07 Å². The number of para-hydroxylation sites is 1. The first-order chi connectivity index (χ1) is 16.5. The first kappa shape index (κ1) is 21.3. The van der Waals surface area contributed by atoms with Crippen LogP contribution in [-0.4, -0.2) is 20.3 Å². The molecule has 0 unspecified atom stereocenters. The minimum absolute atomic E-state index is 0.222. The van der Waals surface area contributed by atoms with E-state index in [1.807, 2.05) is 67.6 Å². The Bertz CT molecular complexity index is 1540. The van der Waals surface area contributed by atoms with E-state index in [2.05, 4.69) is 5.32 Å². The standard InChI is InChI=1S/C27H21FN4O2/c1-18-26-23(19-8-4-2-5-9-19)16-25(34)31(17-24(33)29-21-14-12-20(28)13-15-21)27(26)32(30-18)22-10-6-3-7-11-22/h2-16H,17H2,1H3,(H,29,33). The van der Waals surface area contributed by atoms with Crippen molar-refractivity contribution in [1.82, 2.24) is 14.3 Å². The molecule has 5 aromatic rings. The fraction of sp³-hybridized carbons (Fsp3) is 0.0741. The normalized spacial score (nSPS) is 11.0. The van der Waals surface area contributed by atoms with Gasteiger partial charge in [-0.1, -0.05) is 48.5 Å². The van der Waals surface area contributed by atoms with E-state index in [0.29, 0.717) is 11.3 Å². The molecule has 0 bridgehead atoms. The first-order valence-corrected chi connectivity index (χ1v) is 10.8. The third-order valence-electron chi connectivity index (χ3n) is 5.61. The molecule has 2 heterocycles. The third-order valence-corrected chi connectivity index (χ3v) is 5.61. The van der Waals surface area contributed by atoms with Crippen molar-refractivity contribution < 1.29 is 9.18 Å². The van der Waals surface area contributed by atoms with Crippen molar-refractivity contribution >= 4 is 22.6 Å². The molecule has 0 spiro atoms. The van der Waals surface area contributed by atoms with Crippen molar-refractivity contribution in [2.24, 2.45) is 0 Å². The largest absolute Gasteiger partial charge is 0.325 e. The van der Waals surface area contributed by atoms with Crippen LogP contribution in [0, 0.1) is 12.7 Å². The lowest BCUT2D eigenvalue weighted by atomic mass is 10.0. The second-order valence-corrected chi connectivity index (χ2v) is 7.93. The van der Waals surface area contributed by atoms with Gasteiger partial charge in [0.15, 0.2) is 0 Å². The van der Waals surface area contributed by atoms with Crippen LogP contribution in [0.2, 0.25) is 0 Å². The number of carbonyl (C=O) groups is 1. The molecule has 0 radical (unpaired) electrons. The summed E-state index contributed by atoms with van der Waals surface area (Å²) in [6.07, 6.45) is 0. The van der Waals surface area contributed by atoms with Crippen LogP contribution in [0.25, 0.3) is 27.8 Å². The fourth-order valence-corrected chi connectivity index (χ4v) is 4.08. The molecule has 0 saturated carbocycles. The Morgan fingerprint density at radius 3 is 2.26 bits per heavy atom. The molecule has 0 aliphatic rings. The molecule has 0 aliphatic heterocycles. The lowest BCUT2D eigenvalue weighted by Gasteiger charge is -2.14. The van der Waals surface area contributed by atoms with Crippen molar-refractivity contribution in [2.75, 3.05) is 5.32 Å². The molecule has 5 rings (SSSR count). The molecule has 7 heteroatoms. The number of benzene rings is 3. The Labute approximate surface area is 194 Å². The van der Waals surface area contributed by atoms with Crippen LogP contribution in [0.15, 0.2) is 95.8 Å². The molecule has 1 N–H and O–H groups in total. The minimum atomic E-state index is -0.402. The van der Waals surface area contributed by atoms with Crippen LogP contribution in [0.5, 0.6) is 0 Å². The van der Waals surface area contributed by atoms with Crippen molar-refractivity contribution in [3.05, 3.63) is 113 Å². The Kier molecular flexibility index (Phi) is 5.51. The van der Waals surface area contributed by atoms with Gasteiger partial charge >= 0.3 is 0 Å². The molecule has 2 aromatic heterocycles. The van der Waals surface area contributed by atoms with Gasteiger partial charge in [-0.05, 0) is 54.4 Å². The number of carbonyl (C=O) groups excluding carboxylic acids is 1. The van der Waals surface area contributed by atoms with Gasteiger partial charge in [-0.15, -0.1) is 0 Å². The number of rotatable bonds is 5. The van der Waals surface area contributed by atoms with Crippen molar-refractivity contribution in [2.45, 2.75) is 13.5 Å². The highest BCUT2D eigenvalue weighted by molar-refractivity contribution is 5.97. The van der Waals surface area contributed by atoms with Crippen molar-refractivity contribution in [3.63, 3.8) is 0 Å². The summed E-state index contributed by atoms with van der Waals surface area (Å²) >= 11 is 0. The van der Waals surface area contributed by atoms with Gasteiger partial charge in [0, 0.05) is 17.1 Å². The van der Waals surface area contributed by atoms with Crippen molar-refractivity contribution in [3.8, 4) is 16.8 Å². The van der Waals surface area contributed by atoms with Crippen LogP contribution < -0.4 is 10.9 Å². The molecule has 0 aliphatic carbocycles. The van der Waals surface area contributed by atoms with Crippen molar-refractivity contribution in [1.29, 1.82) is 0 Å². The highest BCUT2D eigenvalue weighted by Gasteiger charge is 2.21. The Balaban J connectivity index is 1.68. The average molecular weight is 452 g/mol. The molecule has 3 aromatic carbocycles. The minimum Gasteiger partial charge on any atom is -0.325 e. The number of aromatic nitrogens is 3. The summed E-state index contributed by atoms with van der Waals surface area (Å²) in [4.78, 5) is 26.2. The first-order valence-electron chi connectivity index (χ1n) is 10.8. The third kappa shape index (κ3) is 3.99. The fourth-order valence-electron chi connectivity index (χ4n) is 4.08. The number of amides is 1. The molecule has 0 atom stereocenters. The monoisotopic (exact) mass is 452 g/mol. The predicted molar refractivity (Wildman–Crippen MR) is 131 cm³/mol. The second-order valence-electron chi connectivity index (χ2n) is 7.93. The van der Waals surface area contributed by atoms with Gasteiger partial charge in [0.2, 0.25) is 5.91 Å². The van der Waals surface area contributed by atoms with E-state index in [9.17, 15) is 14.0 Å². The zero-order chi connectivity index (χ0) is 23.7. The molecule has 0 saturated heterocycles. The van der Waals surface area contributed by atoms with Crippen LogP contribution >= 0.6 is 0 Å². The summed E-state index contributed by atoms with van der Waals surface area (Å²) in [6.45, 7) is 1.67. The van der Waals surface area contributed by atoms with E-state index in [1.54, 1.807) is 10.7 Å². The molecular weight excluding hydrogens is 431 g/mol. The van der Waals surface area contributed by atoms with Gasteiger partial charge in [0.25, 0.3) is 5.56 Å². The number of pyridine rings is 1. The summed E-state index contributed by atoms with van der Waals surface area (Å²) in [7, 11) is 0. The van der Waals surface area contributed by atoms with Crippen LogP contribution in [0.4, 0.5) is 10.1 Å². The lowest BCUT2D eigenvalue weighted by Crippen LogP contribution is -2.28. The summed E-state index contributed by atoms with van der Waals surface area (Å²) in [5.41, 5.74) is 3.83. The second kappa shape index (κ2) is 8.78. The number of aryl methyl sites for hydroxylation is 1.